The van der Waals surface area contributed by atoms with Crippen LogP contribution in [0.15, 0.2) is 102 Å². The quantitative estimate of drug-likeness (QED) is 0.00466. The van der Waals surface area contributed by atoms with Crippen molar-refractivity contribution in [2.75, 3.05) is 37.2 Å². The van der Waals surface area contributed by atoms with Crippen molar-refractivity contribution in [3.8, 4) is 5.75 Å². The van der Waals surface area contributed by atoms with Crippen LogP contribution in [-0.4, -0.2) is 235 Å². The number of aryl methyl sites for hydroxylation is 2. The van der Waals surface area contributed by atoms with Gasteiger partial charge in [0.2, 0.25) is 52.1 Å². The number of anilines is 2. The standard InChI is InChI=1S/C34H46N6O10S.C23H26N6O13S2.C14H19NO4.C10H11NO4/c1-18-16-40(10)22(14-24(18)42)23(41)11-12-26(44)35-15-20-19(28(45)36-20)13-25(43)27(39-50-34(8,9)29(46)48-32(2,3)4)21-17-51-30(37-21)38-31(47)49-33(5,6)7;1-23(2,21(36)37)42-27-19(11-9-43-22(24)26-11)16(32)5-10-13(29(20(10)35)44(39,40)41)7-25-18(34)4-3-14(30)12-6-15(31)17(33)8-28(12)38;1-9-5-6-10(7-11(9)16)13(18)15-8-12(17)19-14(2,3)4;1-6-2-3-7(4-8(6)12)10(15)11-5-9(13)14/h14,16-17,19-20H,11-13,15H2,1-10H3,(H,35,44)(H,36,45)(H,37,38,47);6,8-10,13,33,38H,3-5,7H2,1-2H3,(H2,24,26)(H,25,34)(H,36,37)(H,39,40,41);5,7H,6,8H2,1-4H3,(H,15,18);2,4H,3,5H2,1H3,(H,11,15)(H,13,14)/b39-27-;27-19-;;/t19-,20+;10-,13+;;/m00../s1. The Bertz CT molecular complexity index is 5550. The van der Waals surface area contributed by atoms with Gasteiger partial charge in [0.1, 0.15) is 47.0 Å². The number of aliphatic carboxylic acids is 2. The number of esters is 2. The van der Waals surface area contributed by atoms with E-state index in [-0.39, 0.29) is 97.2 Å². The number of allylic oxidation sites excluding steroid dienone is 6. The third-order valence-electron chi connectivity index (χ3n) is 17.9. The van der Waals surface area contributed by atoms with Crippen LogP contribution in [0.4, 0.5) is 15.1 Å². The van der Waals surface area contributed by atoms with Crippen molar-refractivity contribution in [1.29, 1.82) is 0 Å². The number of nitrogens with two attached hydrogens (primary N) is 1. The van der Waals surface area contributed by atoms with Gasteiger partial charge in [-0.3, -0.25) is 86.6 Å². The van der Waals surface area contributed by atoms with Crippen LogP contribution in [0.5, 0.6) is 5.75 Å². The normalized spacial score (nSPS) is 16.4. The molecule has 2 fully saturated rings. The fourth-order valence-electron chi connectivity index (χ4n) is 11.0. The molecule has 4 aliphatic rings. The smallest absolute Gasteiger partial charge is 0.413 e. The molecule has 2 aliphatic heterocycles. The third-order valence-corrected chi connectivity index (χ3v) is 20.3. The van der Waals surface area contributed by atoms with Crippen molar-refractivity contribution in [3.63, 3.8) is 0 Å². The second-order valence-electron chi connectivity index (χ2n) is 33.0. The first-order valence-corrected chi connectivity index (χ1v) is 42.2. The average molecular weight is 1860 g/mol. The molecule has 4 aromatic rings. The first-order chi connectivity index (χ1) is 59.5. The van der Waals surface area contributed by atoms with E-state index >= 15 is 0 Å². The number of aromatic nitrogens is 4. The summed E-state index contributed by atoms with van der Waals surface area (Å²) in [5.74, 6) is -13.9. The number of ketones is 6. The molecule has 48 heteroatoms. The van der Waals surface area contributed by atoms with E-state index in [1.54, 1.807) is 108 Å². The number of carbonyl (C=O) groups excluding carboxylic acids is 15. The number of hydrogen-bond donors (Lipinski definition) is 12. The highest BCUT2D eigenvalue weighted by Crippen LogP contribution is 2.34. The Labute approximate surface area is 745 Å². The summed E-state index contributed by atoms with van der Waals surface area (Å²) in [4.78, 5) is 248. The zero-order valence-corrected chi connectivity index (χ0v) is 75.8. The van der Waals surface area contributed by atoms with Crippen LogP contribution in [0, 0.1) is 18.8 Å². The molecule has 700 valence electrons. The summed E-state index contributed by atoms with van der Waals surface area (Å²) < 4.78 is 50.7. The molecule has 129 heavy (non-hydrogen) atoms. The molecule has 0 unspecified atom stereocenters. The van der Waals surface area contributed by atoms with Gasteiger partial charge in [-0.25, -0.2) is 28.7 Å². The predicted octanol–water partition coefficient (Wildman–Crippen LogP) is 3.30. The number of Topliss-reactive ketones (excluding diaryl/α,β-unsaturated/α-hetero) is 4. The van der Waals surface area contributed by atoms with Crippen LogP contribution < -0.4 is 48.5 Å². The minimum Gasteiger partial charge on any atom is -0.503 e. The lowest BCUT2D eigenvalue weighted by atomic mass is 9.84. The maximum absolute atomic E-state index is 13.7. The van der Waals surface area contributed by atoms with Crippen LogP contribution in [0.1, 0.15) is 193 Å². The van der Waals surface area contributed by atoms with Gasteiger partial charge in [0.25, 0.3) is 0 Å². The molecule has 0 spiro atoms. The van der Waals surface area contributed by atoms with Gasteiger partial charge in [0.05, 0.1) is 35.8 Å². The number of carboxylic acids is 2. The summed E-state index contributed by atoms with van der Waals surface area (Å²) in [7, 11) is -3.49. The molecule has 6 heterocycles. The van der Waals surface area contributed by atoms with Crippen LogP contribution in [0.25, 0.3) is 0 Å². The SMILES string of the molecule is CC(C)(O/N=C(\C(=O)C[C@@H]1C(=O)N(S(=O)(=O)O)[C@@H]1CNC(=O)CCC(=O)c1cc(=O)c(O)cn1O)c1csc(N)n1)C(=O)O.CC1=CCC(C(=O)NCC(=O)O)=CC1=O.CC1=CCC(C(=O)NCC(=O)OC(C)(C)C)=CC1=O.Cc1cn(C)c(C(=O)CCC(=O)NC[C@H]2NC(=O)[C@H]2CC(=O)/C(=N\OC(C)(C)C(=O)OC(C)(C)C)c2csc(NC(=O)OC(C)(C)C)n2)cc1=O. The molecule has 0 saturated carbocycles. The first kappa shape index (κ1) is 106. The Balaban J connectivity index is 0.000000338. The molecule has 2 saturated heterocycles. The molecule has 7 amide bonds. The largest absolute Gasteiger partial charge is 0.503 e. The molecule has 13 N–H and O–H groups in total. The lowest BCUT2D eigenvalue weighted by Gasteiger charge is -2.44. The van der Waals surface area contributed by atoms with Crippen LogP contribution in [-0.2, 0) is 108 Å². The molecule has 0 aromatic carbocycles. The number of pyridine rings is 2. The number of oxime groups is 2. The Kier molecular flexibility index (Phi) is 36.7. The fraction of sp³-hybridized carbons (Fsp3) is 0.469. The Morgan fingerprint density at radius 2 is 1.09 bits per heavy atom. The number of β-lactam (4-membered cyclic amide) rings is 2. The van der Waals surface area contributed by atoms with Crippen molar-refractivity contribution in [2.24, 2.45) is 29.2 Å². The predicted molar refractivity (Wildman–Crippen MR) is 457 cm³/mol. The van der Waals surface area contributed by atoms with E-state index in [1.165, 1.54) is 47.4 Å². The van der Waals surface area contributed by atoms with E-state index < -0.39 is 200 Å². The number of hydrogen-bond acceptors (Lipinski definition) is 35. The second kappa shape index (κ2) is 44.7. The molecule has 45 nitrogen and oxygen atoms in total. The van der Waals surface area contributed by atoms with Crippen LogP contribution in [0.3, 0.4) is 0 Å². The Morgan fingerprint density at radius 1 is 0.612 bits per heavy atom. The summed E-state index contributed by atoms with van der Waals surface area (Å²) in [6, 6.07) is -0.170. The van der Waals surface area contributed by atoms with E-state index in [4.69, 9.17) is 34.7 Å². The minimum atomic E-state index is -5.12. The number of ether oxygens (including phenoxy) is 3. The van der Waals surface area contributed by atoms with Gasteiger partial charge in [-0.15, -0.1) is 22.7 Å². The van der Waals surface area contributed by atoms with Crippen molar-refractivity contribution >= 4 is 155 Å². The highest BCUT2D eigenvalue weighted by Gasteiger charge is 2.54. The number of thiazole rings is 2. The molecule has 4 atom stereocenters. The number of amides is 7. The number of rotatable bonds is 34. The van der Waals surface area contributed by atoms with E-state index in [1.807, 2.05) is 0 Å². The second-order valence-corrected chi connectivity index (χ2v) is 36.0. The van der Waals surface area contributed by atoms with Gasteiger partial charge in [-0.05, 0) is 147 Å². The van der Waals surface area contributed by atoms with Crippen LogP contribution in [0.2, 0.25) is 0 Å². The van der Waals surface area contributed by atoms with E-state index in [0.717, 1.165) is 36.5 Å². The third kappa shape index (κ3) is 32.9. The summed E-state index contributed by atoms with van der Waals surface area (Å²) in [6.07, 6.45) is 5.60. The van der Waals surface area contributed by atoms with Gasteiger partial charge in [-0.1, -0.05) is 22.5 Å². The number of carbonyl (C=O) groups is 17. The summed E-state index contributed by atoms with van der Waals surface area (Å²) in [5, 5.41) is 61.8. The number of nitrogens with one attached hydrogen (secondary N) is 6. The van der Waals surface area contributed by atoms with Crippen molar-refractivity contribution in [3.05, 3.63) is 131 Å². The van der Waals surface area contributed by atoms with E-state index in [0.29, 0.717) is 53.0 Å². The average Bonchev–Trinajstić information content (AvgIpc) is 0.890. The highest BCUT2D eigenvalue weighted by atomic mass is 32.2. The van der Waals surface area contributed by atoms with Crippen molar-refractivity contribution in [1.82, 2.24) is 50.2 Å². The zero-order valence-electron chi connectivity index (χ0n) is 73.4. The van der Waals surface area contributed by atoms with Gasteiger partial charge >= 0.3 is 40.3 Å². The van der Waals surface area contributed by atoms with Crippen molar-refractivity contribution in [2.45, 2.75) is 202 Å². The van der Waals surface area contributed by atoms with Crippen molar-refractivity contribution < 1.29 is 139 Å². The molecule has 0 bridgehead atoms. The summed E-state index contributed by atoms with van der Waals surface area (Å²) in [6.45, 7) is 24.3. The van der Waals surface area contributed by atoms with E-state index in [2.05, 4.69) is 52.2 Å². The Hall–Kier alpha value is -13.6. The fourth-order valence-corrected chi connectivity index (χ4v) is 13.2. The first-order valence-electron chi connectivity index (χ1n) is 39.1. The summed E-state index contributed by atoms with van der Waals surface area (Å²) in [5.41, 5.74) is -0.194. The van der Waals surface area contributed by atoms with E-state index in [9.17, 15) is 119 Å². The minimum absolute atomic E-state index is 0.0105. The highest BCUT2D eigenvalue weighted by molar-refractivity contribution is 7.84. The van der Waals surface area contributed by atoms with Gasteiger partial charge < -0.3 is 81.3 Å². The molecular formula is C81H102N14O31S3. The maximum Gasteiger partial charge on any atom is 0.413 e. The number of carboxylic acid groups (broad SMARTS) is 2. The lowest BCUT2D eigenvalue weighted by Crippen LogP contribution is -2.66. The molecule has 2 aliphatic carbocycles. The molecule has 0 radical (unpaired) electrons. The molecule has 4 aromatic heterocycles. The van der Waals surface area contributed by atoms with Gasteiger partial charge in [-0.2, -0.15) is 13.1 Å². The number of aromatic hydroxyl groups is 1. The maximum atomic E-state index is 13.7. The van der Waals surface area contributed by atoms with Gasteiger partial charge in [0, 0.05) is 104 Å². The number of nitrogen functional groups attached to an aromatic ring is 1. The van der Waals surface area contributed by atoms with Gasteiger partial charge in [0.15, 0.2) is 67.6 Å². The lowest BCUT2D eigenvalue weighted by molar-refractivity contribution is -0.179. The van der Waals surface area contributed by atoms with Crippen LogP contribution >= 0.6 is 22.7 Å². The number of nitrogens with zero attached hydrogens (tertiary/aromatic N) is 7. The zero-order chi connectivity index (χ0) is 97.7. The molecular weight excluding hydrogens is 1760 g/mol. The summed E-state index contributed by atoms with van der Waals surface area (Å²) >= 11 is 1.90. The molecule has 8 rings (SSSR count). The Morgan fingerprint density at radius 3 is 1.57 bits per heavy atom. The monoisotopic (exact) mass is 1860 g/mol. The topological polar surface area (TPSA) is 668 Å².